The minimum Gasteiger partial charge on any atom is -0.480 e. The molecule has 7 heteroatoms. The molecule has 1 heterocycles. The SMILES string of the molecule is CCC(=O)c1cccc(S(=O)(=O)N2CCCCC2C(=O)O)c1. The Morgan fingerprint density at radius 2 is 2.05 bits per heavy atom. The number of aliphatic carboxylic acids is 1. The topological polar surface area (TPSA) is 91.8 Å². The number of rotatable bonds is 5. The maximum absolute atomic E-state index is 12.7. The number of sulfonamides is 1. The minimum absolute atomic E-state index is 0.0278. The quantitative estimate of drug-likeness (QED) is 0.835. The molecule has 22 heavy (non-hydrogen) atoms. The van der Waals surface area contributed by atoms with E-state index >= 15 is 0 Å². The third kappa shape index (κ3) is 3.20. The predicted molar refractivity (Wildman–Crippen MR) is 80.2 cm³/mol. The van der Waals surface area contributed by atoms with Gasteiger partial charge in [-0.3, -0.25) is 9.59 Å². The van der Waals surface area contributed by atoms with Crippen LogP contribution in [0.25, 0.3) is 0 Å². The first-order chi connectivity index (χ1) is 10.4. The standard InChI is InChI=1S/C15H19NO5S/c1-2-14(17)11-6-5-7-12(10-11)22(20,21)16-9-4-3-8-13(16)15(18)19/h5-7,10,13H,2-4,8-9H2,1H3,(H,18,19). The molecule has 1 atom stereocenters. The number of carbonyl (C=O) groups is 2. The Kier molecular flexibility index (Phi) is 4.97. The van der Waals surface area contributed by atoms with E-state index in [-0.39, 0.29) is 23.6 Å². The van der Waals surface area contributed by atoms with Crippen molar-refractivity contribution in [2.45, 2.75) is 43.5 Å². The van der Waals surface area contributed by atoms with Crippen LogP contribution in [0.3, 0.4) is 0 Å². The number of hydrogen-bond acceptors (Lipinski definition) is 4. The number of benzene rings is 1. The normalized spacial score (nSPS) is 19.8. The molecule has 0 saturated carbocycles. The monoisotopic (exact) mass is 325 g/mol. The average molecular weight is 325 g/mol. The number of carbonyl (C=O) groups excluding carboxylic acids is 1. The van der Waals surface area contributed by atoms with Crippen molar-refractivity contribution >= 4 is 21.8 Å². The lowest BCUT2D eigenvalue weighted by atomic mass is 10.1. The number of carboxylic acid groups (broad SMARTS) is 1. The Balaban J connectivity index is 2.41. The smallest absolute Gasteiger partial charge is 0.322 e. The number of Topliss-reactive ketones (excluding diaryl/α,β-unsaturated/α-hetero) is 1. The summed E-state index contributed by atoms with van der Waals surface area (Å²) in [5, 5.41) is 9.24. The number of carboxylic acids is 1. The first kappa shape index (κ1) is 16.6. The van der Waals surface area contributed by atoms with Gasteiger partial charge in [-0.1, -0.05) is 19.1 Å². The lowest BCUT2D eigenvalue weighted by molar-refractivity contribution is -0.142. The van der Waals surface area contributed by atoms with Crippen LogP contribution in [0.2, 0.25) is 0 Å². The Morgan fingerprint density at radius 3 is 2.68 bits per heavy atom. The van der Waals surface area contributed by atoms with Gasteiger partial charge in [-0.15, -0.1) is 0 Å². The fraction of sp³-hybridized carbons (Fsp3) is 0.467. The zero-order chi connectivity index (χ0) is 16.3. The molecule has 1 aromatic rings. The van der Waals surface area contributed by atoms with E-state index < -0.39 is 22.0 Å². The highest BCUT2D eigenvalue weighted by atomic mass is 32.2. The van der Waals surface area contributed by atoms with Crippen LogP contribution in [0.5, 0.6) is 0 Å². The number of hydrogen-bond donors (Lipinski definition) is 1. The van der Waals surface area contributed by atoms with Crippen molar-refractivity contribution < 1.29 is 23.1 Å². The highest BCUT2D eigenvalue weighted by molar-refractivity contribution is 7.89. The maximum Gasteiger partial charge on any atom is 0.322 e. The van der Waals surface area contributed by atoms with Gasteiger partial charge in [-0.2, -0.15) is 4.31 Å². The molecular formula is C15H19NO5S. The summed E-state index contributed by atoms with van der Waals surface area (Å²) in [5.41, 5.74) is 0.326. The summed E-state index contributed by atoms with van der Waals surface area (Å²) in [6, 6.07) is 4.76. The third-order valence-electron chi connectivity index (χ3n) is 3.82. The zero-order valence-corrected chi connectivity index (χ0v) is 13.2. The Hall–Kier alpha value is -1.73. The van der Waals surface area contributed by atoms with Crippen LogP contribution in [0.15, 0.2) is 29.2 Å². The summed E-state index contributed by atoms with van der Waals surface area (Å²) < 4.78 is 26.5. The van der Waals surface area contributed by atoms with Gasteiger partial charge in [0.2, 0.25) is 10.0 Å². The number of piperidine rings is 1. The van der Waals surface area contributed by atoms with E-state index in [0.717, 1.165) is 4.31 Å². The van der Waals surface area contributed by atoms with Gasteiger partial charge in [0, 0.05) is 18.5 Å². The first-order valence-electron chi connectivity index (χ1n) is 7.26. The van der Waals surface area contributed by atoms with E-state index in [1.807, 2.05) is 0 Å². The molecule has 2 rings (SSSR count). The van der Waals surface area contributed by atoms with Crippen molar-refractivity contribution in [1.29, 1.82) is 0 Å². The maximum atomic E-state index is 12.7. The lowest BCUT2D eigenvalue weighted by Gasteiger charge is -2.31. The van der Waals surface area contributed by atoms with Crippen molar-refractivity contribution in [2.24, 2.45) is 0 Å². The van der Waals surface area contributed by atoms with Crippen LogP contribution >= 0.6 is 0 Å². The van der Waals surface area contributed by atoms with E-state index in [9.17, 15) is 23.1 Å². The van der Waals surface area contributed by atoms with Crippen molar-refractivity contribution in [3.05, 3.63) is 29.8 Å². The second-order valence-corrected chi connectivity index (χ2v) is 7.16. The Bertz CT molecular complexity index is 683. The lowest BCUT2D eigenvalue weighted by Crippen LogP contribution is -2.47. The molecule has 0 amide bonds. The van der Waals surface area contributed by atoms with E-state index in [2.05, 4.69) is 0 Å². The summed E-state index contributed by atoms with van der Waals surface area (Å²) >= 11 is 0. The molecule has 1 unspecified atom stereocenters. The third-order valence-corrected chi connectivity index (χ3v) is 5.73. The fourth-order valence-corrected chi connectivity index (χ4v) is 4.31. The van der Waals surface area contributed by atoms with E-state index in [1.54, 1.807) is 13.0 Å². The van der Waals surface area contributed by atoms with E-state index in [0.29, 0.717) is 24.8 Å². The van der Waals surface area contributed by atoms with Gasteiger partial charge in [0.25, 0.3) is 0 Å². The van der Waals surface area contributed by atoms with E-state index in [4.69, 9.17) is 0 Å². The van der Waals surface area contributed by atoms with Crippen LogP contribution in [-0.2, 0) is 14.8 Å². The van der Waals surface area contributed by atoms with Crippen molar-refractivity contribution in [3.8, 4) is 0 Å². The van der Waals surface area contributed by atoms with Gasteiger partial charge in [0.1, 0.15) is 6.04 Å². The van der Waals surface area contributed by atoms with Crippen molar-refractivity contribution in [1.82, 2.24) is 4.31 Å². The molecule has 120 valence electrons. The predicted octanol–water partition coefficient (Wildman–Crippen LogP) is 1.91. The molecule has 6 nitrogen and oxygen atoms in total. The summed E-state index contributed by atoms with van der Waals surface area (Å²) in [6.07, 6.45) is 1.92. The number of ketones is 1. The molecule has 1 saturated heterocycles. The second-order valence-electron chi connectivity index (χ2n) is 5.27. The summed E-state index contributed by atoms with van der Waals surface area (Å²) in [7, 11) is -3.92. The average Bonchev–Trinajstić information content (AvgIpc) is 2.54. The van der Waals surface area contributed by atoms with Gasteiger partial charge in [-0.05, 0) is 31.4 Å². The molecule has 0 aromatic heterocycles. The summed E-state index contributed by atoms with van der Waals surface area (Å²) in [6.45, 7) is 1.89. The van der Waals surface area contributed by atoms with Crippen LogP contribution < -0.4 is 0 Å². The zero-order valence-electron chi connectivity index (χ0n) is 12.4. The molecule has 0 spiro atoms. The highest BCUT2D eigenvalue weighted by Crippen LogP contribution is 2.26. The molecule has 0 bridgehead atoms. The van der Waals surface area contributed by atoms with Crippen LogP contribution in [0.1, 0.15) is 43.0 Å². The summed E-state index contributed by atoms with van der Waals surface area (Å²) in [4.78, 5) is 23.0. The van der Waals surface area contributed by atoms with Gasteiger partial charge in [-0.25, -0.2) is 8.42 Å². The Labute approximate surface area is 129 Å². The molecular weight excluding hydrogens is 306 g/mol. The first-order valence-corrected chi connectivity index (χ1v) is 8.70. The molecule has 1 N–H and O–H groups in total. The second kappa shape index (κ2) is 6.58. The highest BCUT2D eigenvalue weighted by Gasteiger charge is 2.37. The van der Waals surface area contributed by atoms with Crippen LogP contribution in [0.4, 0.5) is 0 Å². The van der Waals surface area contributed by atoms with Crippen LogP contribution in [0, 0.1) is 0 Å². The van der Waals surface area contributed by atoms with Gasteiger partial charge in [0.05, 0.1) is 4.90 Å². The largest absolute Gasteiger partial charge is 0.480 e. The van der Waals surface area contributed by atoms with E-state index in [1.165, 1.54) is 18.2 Å². The molecule has 0 radical (unpaired) electrons. The van der Waals surface area contributed by atoms with Gasteiger partial charge >= 0.3 is 5.97 Å². The fourth-order valence-electron chi connectivity index (χ4n) is 2.61. The van der Waals surface area contributed by atoms with Gasteiger partial charge < -0.3 is 5.11 Å². The molecule has 1 aliphatic heterocycles. The molecule has 1 aromatic carbocycles. The van der Waals surface area contributed by atoms with Crippen molar-refractivity contribution in [3.63, 3.8) is 0 Å². The minimum atomic E-state index is -3.92. The molecule has 0 aliphatic carbocycles. The van der Waals surface area contributed by atoms with Crippen molar-refractivity contribution in [2.75, 3.05) is 6.54 Å². The molecule has 1 fully saturated rings. The van der Waals surface area contributed by atoms with Crippen LogP contribution in [-0.4, -0.2) is 42.2 Å². The summed E-state index contributed by atoms with van der Waals surface area (Å²) in [5.74, 6) is -1.28. The Morgan fingerprint density at radius 1 is 1.32 bits per heavy atom. The number of nitrogens with zero attached hydrogens (tertiary/aromatic N) is 1. The molecule has 1 aliphatic rings. The van der Waals surface area contributed by atoms with Gasteiger partial charge in [0.15, 0.2) is 5.78 Å².